The van der Waals surface area contributed by atoms with Crippen LogP contribution in [0.4, 0.5) is 0 Å². The van der Waals surface area contributed by atoms with Crippen molar-refractivity contribution in [3.63, 3.8) is 0 Å². The van der Waals surface area contributed by atoms with Gasteiger partial charge in [-0.2, -0.15) is 0 Å². The molecule has 0 bridgehead atoms. The zero-order chi connectivity index (χ0) is 14.1. The molecule has 0 aliphatic carbocycles. The standard InChI is InChI=1S/C15H24N4O/c1-12(2)19-5-3-4-14(19)15(20)18-8-6-17(7-9-18)13-10-16-11-13/h3-5,12-13,16H,6-11H2,1-2H3. The maximum atomic E-state index is 12.6. The number of rotatable bonds is 3. The smallest absolute Gasteiger partial charge is 0.270 e. The van der Waals surface area contributed by atoms with Gasteiger partial charge in [-0.3, -0.25) is 9.69 Å². The molecule has 1 aromatic heterocycles. The van der Waals surface area contributed by atoms with E-state index in [9.17, 15) is 4.79 Å². The zero-order valence-electron chi connectivity index (χ0n) is 12.4. The monoisotopic (exact) mass is 276 g/mol. The molecule has 1 N–H and O–H groups in total. The fourth-order valence-corrected chi connectivity index (χ4v) is 3.01. The summed E-state index contributed by atoms with van der Waals surface area (Å²) in [7, 11) is 0. The maximum Gasteiger partial charge on any atom is 0.270 e. The average molecular weight is 276 g/mol. The molecule has 2 saturated heterocycles. The van der Waals surface area contributed by atoms with Crippen LogP contribution in [0.1, 0.15) is 30.4 Å². The van der Waals surface area contributed by atoms with Crippen LogP contribution < -0.4 is 5.32 Å². The lowest BCUT2D eigenvalue weighted by Crippen LogP contribution is -2.62. The Balaban J connectivity index is 1.62. The summed E-state index contributed by atoms with van der Waals surface area (Å²) >= 11 is 0. The Morgan fingerprint density at radius 2 is 1.95 bits per heavy atom. The van der Waals surface area contributed by atoms with Gasteiger partial charge in [0.15, 0.2) is 0 Å². The molecule has 0 saturated carbocycles. The van der Waals surface area contributed by atoms with E-state index >= 15 is 0 Å². The van der Waals surface area contributed by atoms with E-state index in [-0.39, 0.29) is 5.91 Å². The molecule has 20 heavy (non-hydrogen) atoms. The largest absolute Gasteiger partial charge is 0.341 e. The van der Waals surface area contributed by atoms with Gasteiger partial charge < -0.3 is 14.8 Å². The molecule has 1 amide bonds. The molecule has 3 heterocycles. The molecule has 0 unspecified atom stereocenters. The van der Waals surface area contributed by atoms with Gasteiger partial charge in [0.05, 0.1) is 0 Å². The summed E-state index contributed by atoms with van der Waals surface area (Å²) in [4.78, 5) is 17.1. The lowest BCUT2D eigenvalue weighted by Gasteiger charge is -2.43. The molecule has 0 aromatic carbocycles. The minimum Gasteiger partial charge on any atom is -0.341 e. The molecule has 2 aliphatic heterocycles. The molecule has 2 aliphatic rings. The highest BCUT2D eigenvalue weighted by molar-refractivity contribution is 5.92. The van der Waals surface area contributed by atoms with Crippen LogP contribution in [-0.4, -0.2) is 65.6 Å². The SMILES string of the molecule is CC(C)n1cccc1C(=O)N1CCN(C2CNC2)CC1. The van der Waals surface area contributed by atoms with Crippen molar-refractivity contribution < 1.29 is 4.79 Å². The number of amides is 1. The Kier molecular flexibility index (Phi) is 3.81. The average Bonchev–Trinajstić information content (AvgIpc) is 2.86. The van der Waals surface area contributed by atoms with Gasteiger partial charge in [0, 0.05) is 57.5 Å². The minimum atomic E-state index is 0.176. The number of hydrogen-bond acceptors (Lipinski definition) is 3. The van der Waals surface area contributed by atoms with Crippen LogP contribution in [0.2, 0.25) is 0 Å². The lowest BCUT2D eigenvalue weighted by atomic mass is 10.1. The van der Waals surface area contributed by atoms with Gasteiger partial charge in [-0.25, -0.2) is 0 Å². The molecular weight excluding hydrogens is 252 g/mol. The van der Waals surface area contributed by atoms with Gasteiger partial charge in [-0.05, 0) is 26.0 Å². The van der Waals surface area contributed by atoms with Crippen LogP contribution in [0.15, 0.2) is 18.3 Å². The number of carbonyl (C=O) groups excluding carboxylic acids is 1. The first-order valence-corrected chi connectivity index (χ1v) is 7.57. The van der Waals surface area contributed by atoms with E-state index in [1.54, 1.807) is 0 Å². The second kappa shape index (κ2) is 5.58. The van der Waals surface area contributed by atoms with Crippen molar-refractivity contribution in [2.75, 3.05) is 39.3 Å². The Labute approximate surface area is 120 Å². The van der Waals surface area contributed by atoms with E-state index in [4.69, 9.17) is 0 Å². The highest BCUT2D eigenvalue weighted by Gasteiger charge is 2.30. The van der Waals surface area contributed by atoms with Gasteiger partial charge >= 0.3 is 0 Å². The van der Waals surface area contributed by atoms with Crippen molar-refractivity contribution in [3.05, 3.63) is 24.0 Å². The van der Waals surface area contributed by atoms with Crippen LogP contribution in [0, 0.1) is 0 Å². The fourth-order valence-electron chi connectivity index (χ4n) is 3.01. The molecule has 0 atom stereocenters. The Hall–Kier alpha value is -1.33. The third-order valence-electron chi connectivity index (χ3n) is 4.43. The van der Waals surface area contributed by atoms with Gasteiger partial charge in [0.25, 0.3) is 5.91 Å². The molecular formula is C15H24N4O. The first-order valence-electron chi connectivity index (χ1n) is 7.57. The quantitative estimate of drug-likeness (QED) is 0.888. The number of carbonyl (C=O) groups is 1. The molecule has 0 radical (unpaired) electrons. The highest BCUT2D eigenvalue weighted by atomic mass is 16.2. The van der Waals surface area contributed by atoms with Crippen molar-refractivity contribution in [3.8, 4) is 0 Å². The van der Waals surface area contributed by atoms with Crippen molar-refractivity contribution in [1.82, 2.24) is 19.7 Å². The van der Waals surface area contributed by atoms with Gasteiger partial charge in [-0.15, -0.1) is 0 Å². The summed E-state index contributed by atoms with van der Waals surface area (Å²) in [5, 5.41) is 3.31. The first-order chi connectivity index (χ1) is 9.66. The van der Waals surface area contributed by atoms with Crippen molar-refractivity contribution >= 4 is 5.91 Å². The number of nitrogens with zero attached hydrogens (tertiary/aromatic N) is 3. The van der Waals surface area contributed by atoms with Crippen LogP contribution in [0.3, 0.4) is 0 Å². The number of hydrogen-bond donors (Lipinski definition) is 1. The summed E-state index contributed by atoms with van der Waals surface area (Å²) in [6.07, 6.45) is 1.99. The number of aromatic nitrogens is 1. The molecule has 5 nitrogen and oxygen atoms in total. The van der Waals surface area contributed by atoms with Crippen LogP contribution in [0.5, 0.6) is 0 Å². The van der Waals surface area contributed by atoms with Gasteiger partial charge in [-0.1, -0.05) is 0 Å². The highest BCUT2D eigenvalue weighted by Crippen LogP contribution is 2.16. The maximum absolute atomic E-state index is 12.6. The van der Waals surface area contributed by atoms with Crippen LogP contribution >= 0.6 is 0 Å². The summed E-state index contributed by atoms with van der Waals surface area (Å²) in [5.74, 6) is 0.176. The van der Waals surface area contributed by atoms with E-state index in [2.05, 4.69) is 28.6 Å². The predicted octanol–water partition coefficient (Wildman–Crippen LogP) is 0.799. The molecule has 2 fully saturated rings. The third-order valence-corrected chi connectivity index (χ3v) is 4.43. The van der Waals surface area contributed by atoms with Crippen molar-refractivity contribution in [2.45, 2.75) is 25.9 Å². The summed E-state index contributed by atoms with van der Waals surface area (Å²) in [6, 6.07) is 4.91. The van der Waals surface area contributed by atoms with Crippen LogP contribution in [0.25, 0.3) is 0 Å². The lowest BCUT2D eigenvalue weighted by molar-refractivity contribution is 0.0492. The van der Waals surface area contributed by atoms with Gasteiger partial charge in [0.2, 0.25) is 0 Å². The van der Waals surface area contributed by atoms with Crippen molar-refractivity contribution in [1.29, 1.82) is 0 Å². The summed E-state index contributed by atoms with van der Waals surface area (Å²) in [6.45, 7) is 10.1. The summed E-state index contributed by atoms with van der Waals surface area (Å²) < 4.78 is 2.06. The molecule has 5 heteroatoms. The molecule has 0 spiro atoms. The molecule has 1 aromatic rings. The second-order valence-electron chi connectivity index (χ2n) is 6.03. The second-order valence-corrected chi connectivity index (χ2v) is 6.03. The topological polar surface area (TPSA) is 40.5 Å². The third kappa shape index (κ3) is 2.47. The fraction of sp³-hybridized carbons (Fsp3) is 0.667. The van der Waals surface area contributed by atoms with Gasteiger partial charge in [0.1, 0.15) is 5.69 Å². The normalized spacial score (nSPS) is 21.2. The van der Waals surface area contributed by atoms with E-state index in [1.165, 1.54) is 0 Å². The van der Waals surface area contributed by atoms with E-state index in [0.717, 1.165) is 45.0 Å². The minimum absolute atomic E-state index is 0.176. The Morgan fingerprint density at radius 3 is 2.50 bits per heavy atom. The van der Waals surface area contributed by atoms with E-state index in [0.29, 0.717) is 12.1 Å². The zero-order valence-corrected chi connectivity index (χ0v) is 12.4. The van der Waals surface area contributed by atoms with Crippen molar-refractivity contribution in [2.24, 2.45) is 0 Å². The Morgan fingerprint density at radius 1 is 1.25 bits per heavy atom. The Bertz CT molecular complexity index is 470. The van der Waals surface area contributed by atoms with E-state index in [1.807, 2.05) is 23.2 Å². The molecule has 110 valence electrons. The number of piperazine rings is 1. The predicted molar refractivity (Wildman–Crippen MR) is 79.0 cm³/mol. The van der Waals surface area contributed by atoms with Crippen LogP contribution in [-0.2, 0) is 0 Å². The first kappa shape index (κ1) is 13.6. The number of nitrogens with one attached hydrogen (secondary N) is 1. The molecule has 3 rings (SSSR count). The summed E-state index contributed by atoms with van der Waals surface area (Å²) in [5.41, 5.74) is 0.818. The van der Waals surface area contributed by atoms with E-state index < -0.39 is 0 Å².